The number of carbonyl (C=O) groups excluding carboxylic acids is 1. The minimum atomic E-state index is -3.15. The molecule has 2 unspecified atom stereocenters. The number of nitrogens with zero attached hydrogens (tertiary/aromatic N) is 1. The summed E-state index contributed by atoms with van der Waals surface area (Å²) < 4.78 is 25.2. The highest BCUT2D eigenvalue weighted by atomic mass is 32.2. The standard InChI is InChI=1S/C17H24N2O3S/c1-13-3-4-14(11-13)12-17(20)18-15-5-7-16(8-6-15)19-9-2-10-23(19,21)22/h5-8,13-14H,2-4,9-12H2,1H3,(H,18,20). The Balaban J connectivity index is 1.58. The van der Waals surface area contributed by atoms with Gasteiger partial charge in [-0.1, -0.05) is 13.3 Å². The predicted octanol–water partition coefficient (Wildman–Crippen LogP) is 2.99. The Kier molecular flexibility index (Phi) is 4.62. The van der Waals surface area contributed by atoms with Crippen LogP contribution < -0.4 is 9.62 Å². The van der Waals surface area contributed by atoms with Crippen LogP contribution in [0.4, 0.5) is 11.4 Å². The average molecular weight is 336 g/mol. The van der Waals surface area contributed by atoms with Crippen molar-refractivity contribution in [3.63, 3.8) is 0 Å². The van der Waals surface area contributed by atoms with Gasteiger partial charge < -0.3 is 5.32 Å². The maximum absolute atomic E-state index is 12.1. The largest absolute Gasteiger partial charge is 0.326 e. The first-order valence-electron chi connectivity index (χ1n) is 8.34. The molecule has 1 amide bonds. The van der Waals surface area contributed by atoms with Crippen LogP contribution >= 0.6 is 0 Å². The molecule has 5 nitrogen and oxygen atoms in total. The molecule has 2 atom stereocenters. The van der Waals surface area contributed by atoms with Gasteiger partial charge in [-0.25, -0.2) is 8.42 Å². The highest BCUT2D eigenvalue weighted by Crippen LogP contribution is 2.32. The van der Waals surface area contributed by atoms with Crippen LogP contribution in [0.15, 0.2) is 24.3 Å². The molecule has 2 fully saturated rings. The second-order valence-corrected chi connectivity index (χ2v) is 8.84. The van der Waals surface area contributed by atoms with E-state index in [0.29, 0.717) is 31.0 Å². The van der Waals surface area contributed by atoms with Gasteiger partial charge in [-0.3, -0.25) is 9.10 Å². The summed E-state index contributed by atoms with van der Waals surface area (Å²) in [5, 5.41) is 2.92. The molecular weight excluding hydrogens is 312 g/mol. The molecule has 1 aromatic rings. The van der Waals surface area contributed by atoms with Gasteiger partial charge >= 0.3 is 0 Å². The highest BCUT2D eigenvalue weighted by Gasteiger charge is 2.28. The molecule has 0 radical (unpaired) electrons. The molecule has 2 aliphatic rings. The zero-order valence-electron chi connectivity index (χ0n) is 13.5. The zero-order chi connectivity index (χ0) is 16.4. The van der Waals surface area contributed by atoms with Crippen LogP contribution in [0, 0.1) is 11.8 Å². The lowest BCUT2D eigenvalue weighted by Crippen LogP contribution is -2.25. The van der Waals surface area contributed by atoms with Crippen molar-refractivity contribution < 1.29 is 13.2 Å². The molecule has 1 N–H and O–H groups in total. The van der Waals surface area contributed by atoms with Gasteiger partial charge in [-0.15, -0.1) is 0 Å². The van der Waals surface area contributed by atoms with Crippen LogP contribution in [0.3, 0.4) is 0 Å². The molecule has 126 valence electrons. The fourth-order valence-electron chi connectivity index (χ4n) is 3.63. The number of sulfonamides is 1. The summed E-state index contributed by atoms with van der Waals surface area (Å²) in [5.74, 6) is 1.49. The Morgan fingerprint density at radius 3 is 2.57 bits per heavy atom. The molecule has 1 saturated heterocycles. The smallest absolute Gasteiger partial charge is 0.235 e. The van der Waals surface area contributed by atoms with E-state index in [1.165, 1.54) is 10.7 Å². The number of hydrogen-bond donors (Lipinski definition) is 1. The van der Waals surface area contributed by atoms with E-state index in [1.807, 2.05) is 0 Å². The van der Waals surface area contributed by atoms with Gasteiger partial charge in [0.1, 0.15) is 0 Å². The number of carbonyl (C=O) groups is 1. The summed E-state index contributed by atoms with van der Waals surface area (Å²) >= 11 is 0. The van der Waals surface area contributed by atoms with E-state index in [0.717, 1.165) is 24.4 Å². The van der Waals surface area contributed by atoms with Gasteiger partial charge in [0.05, 0.1) is 11.4 Å². The van der Waals surface area contributed by atoms with Crippen molar-refractivity contribution in [2.75, 3.05) is 21.9 Å². The third-order valence-electron chi connectivity index (χ3n) is 4.82. The third-order valence-corrected chi connectivity index (χ3v) is 6.69. The van der Waals surface area contributed by atoms with Gasteiger partial charge in [-0.05, 0) is 55.4 Å². The van der Waals surface area contributed by atoms with E-state index < -0.39 is 10.0 Å². The van der Waals surface area contributed by atoms with Crippen molar-refractivity contribution in [1.29, 1.82) is 0 Å². The molecule has 1 saturated carbocycles. The van der Waals surface area contributed by atoms with Crippen LogP contribution in [0.2, 0.25) is 0 Å². The molecule has 1 aliphatic heterocycles. The predicted molar refractivity (Wildman–Crippen MR) is 91.9 cm³/mol. The fourth-order valence-corrected chi connectivity index (χ4v) is 5.19. The van der Waals surface area contributed by atoms with Gasteiger partial charge in [-0.2, -0.15) is 0 Å². The van der Waals surface area contributed by atoms with Crippen molar-refractivity contribution in [2.24, 2.45) is 11.8 Å². The van der Waals surface area contributed by atoms with Crippen LogP contribution in [-0.4, -0.2) is 26.6 Å². The molecule has 1 aliphatic carbocycles. The fraction of sp³-hybridized carbons (Fsp3) is 0.588. The maximum atomic E-state index is 12.1. The number of anilines is 2. The van der Waals surface area contributed by atoms with E-state index >= 15 is 0 Å². The first-order chi connectivity index (χ1) is 10.9. The summed E-state index contributed by atoms with van der Waals surface area (Å²) in [4.78, 5) is 12.1. The minimum Gasteiger partial charge on any atom is -0.326 e. The Labute approximate surface area is 138 Å². The summed E-state index contributed by atoms with van der Waals surface area (Å²) in [7, 11) is -3.15. The molecular formula is C17H24N2O3S. The first-order valence-corrected chi connectivity index (χ1v) is 9.95. The first kappa shape index (κ1) is 16.3. The van der Waals surface area contributed by atoms with Gasteiger partial charge in [0.15, 0.2) is 0 Å². The van der Waals surface area contributed by atoms with Crippen LogP contribution in [-0.2, 0) is 14.8 Å². The lowest BCUT2D eigenvalue weighted by Gasteiger charge is -2.17. The second-order valence-electron chi connectivity index (χ2n) is 6.83. The maximum Gasteiger partial charge on any atom is 0.235 e. The molecule has 0 aromatic heterocycles. The van der Waals surface area contributed by atoms with E-state index in [4.69, 9.17) is 0 Å². The van der Waals surface area contributed by atoms with Crippen molar-refractivity contribution in [3.05, 3.63) is 24.3 Å². The molecule has 23 heavy (non-hydrogen) atoms. The second kappa shape index (κ2) is 6.51. The monoisotopic (exact) mass is 336 g/mol. The highest BCUT2D eigenvalue weighted by molar-refractivity contribution is 7.93. The van der Waals surface area contributed by atoms with E-state index in [2.05, 4.69) is 12.2 Å². The molecule has 3 rings (SSSR count). The summed E-state index contributed by atoms with van der Waals surface area (Å²) in [6, 6.07) is 7.07. The Morgan fingerprint density at radius 1 is 1.26 bits per heavy atom. The topological polar surface area (TPSA) is 66.5 Å². The van der Waals surface area contributed by atoms with Crippen LogP contribution in [0.5, 0.6) is 0 Å². The van der Waals surface area contributed by atoms with Crippen molar-refractivity contribution >= 4 is 27.3 Å². The number of amides is 1. The lowest BCUT2D eigenvalue weighted by atomic mass is 10.0. The summed E-state index contributed by atoms with van der Waals surface area (Å²) in [6.45, 7) is 2.77. The zero-order valence-corrected chi connectivity index (χ0v) is 14.3. The number of nitrogens with one attached hydrogen (secondary N) is 1. The Hall–Kier alpha value is -1.56. The molecule has 0 bridgehead atoms. The molecule has 1 aromatic carbocycles. The average Bonchev–Trinajstić information content (AvgIpc) is 3.05. The summed E-state index contributed by atoms with van der Waals surface area (Å²) in [6.07, 6.45) is 4.74. The van der Waals surface area contributed by atoms with Gasteiger partial charge in [0.25, 0.3) is 0 Å². The number of hydrogen-bond acceptors (Lipinski definition) is 3. The van der Waals surface area contributed by atoms with Gasteiger partial charge in [0, 0.05) is 18.7 Å². The van der Waals surface area contributed by atoms with Gasteiger partial charge in [0.2, 0.25) is 15.9 Å². The molecule has 1 heterocycles. The normalized spacial score (nSPS) is 26.4. The van der Waals surface area contributed by atoms with E-state index in [9.17, 15) is 13.2 Å². The number of rotatable bonds is 4. The number of benzene rings is 1. The molecule has 0 spiro atoms. The Morgan fingerprint density at radius 2 is 2.00 bits per heavy atom. The van der Waals surface area contributed by atoms with Crippen LogP contribution in [0.1, 0.15) is 39.0 Å². The van der Waals surface area contributed by atoms with Crippen molar-refractivity contribution in [3.8, 4) is 0 Å². The quantitative estimate of drug-likeness (QED) is 0.919. The Bertz CT molecular complexity index is 670. The van der Waals surface area contributed by atoms with Crippen LogP contribution in [0.25, 0.3) is 0 Å². The van der Waals surface area contributed by atoms with E-state index in [1.54, 1.807) is 24.3 Å². The minimum absolute atomic E-state index is 0.0469. The SMILES string of the molecule is CC1CCC(CC(=O)Nc2ccc(N3CCCS3(=O)=O)cc2)C1. The van der Waals surface area contributed by atoms with Crippen molar-refractivity contribution in [2.45, 2.75) is 39.0 Å². The van der Waals surface area contributed by atoms with E-state index in [-0.39, 0.29) is 11.7 Å². The third kappa shape index (κ3) is 3.86. The summed E-state index contributed by atoms with van der Waals surface area (Å²) in [5.41, 5.74) is 1.39. The molecule has 6 heteroatoms. The van der Waals surface area contributed by atoms with Crippen molar-refractivity contribution in [1.82, 2.24) is 0 Å². The lowest BCUT2D eigenvalue weighted by molar-refractivity contribution is -0.117.